The van der Waals surface area contributed by atoms with Crippen LogP contribution in [-0.4, -0.2) is 39.8 Å². The average molecular weight is 357 g/mol. The van der Waals surface area contributed by atoms with Gasteiger partial charge in [0.15, 0.2) is 0 Å². The molecule has 0 atom stereocenters. The SMILES string of the molecule is COc1ccccc1CCNC(=O)CC1(Cn2cnnn2)CCCCC1. The Morgan fingerprint density at radius 3 is 2.81 bits per heavy atom. The van der Waals surface area contributed by atoms with Crippen LogP contribution in [0.25, 0.3) is 0 Å². The molecule has 7 nitrogen and oxygen atoms in total. The topological polar surface area (TPSA) is 81.9 Å². The Balaban J connectivity index is 1.54. The van der Waals surface area contributed by atoms with Gasteiger partial charge in [-0.3, -0.25) is 4.79 Å². The van der Waals surface area contributed by atoms with E-state index in [0.717, 1.165) is 43.4 Å². The first-order valence-electron chi connectivity index (χ1n) is 9.30. The predicted octanol–water partition coefficient (Wildman–Crippen LogP) is 2.38. The third-order valence-corrected chi connectivity index (χ3v) is 5.25. The summed E-state index contributed by atoms with van der Waals surface area (Å²) in [6, 6.07) is 7.92. The third kappa shape index (κ3) is 4.80. The van der Waals surface area contributed by atoms with E-state index < -0.39 is 0 Å². The van der Waals surface area contributed by atoms with Gasteiger partial charge >= 0.3 is 0 Å². The van der Waals surface area contributed by atoms with E-state index in [1.807, 2.05) is 24.3 Å². The summed E-state index contributed by atoms with van der Waals surface area (Å²) in [4.78, 5) is 12.6. The van der Waals surface area contributed by atoms with Crippen molar-refractivity contribution in [3.05, 3.63) is 36.2 Å². The van der Waals surface area contributed by atoms with E-state index in [1.54, 1.807) is 18.1 Å². The highest BCUT2D eigenvalue weighted by atomic mass is 16.5. The van der Waals surface area contributed by atoms with Crippen molar-refractivity contribution in [2.24, 2.45) is 5.41 Å². The van der Waals surface area contributed by atoms with Crippen molar-refractivity contribution in [1.29, 1.82) is 0 Å². The van der Waals surface area contributed by atoms with Gasteiger partial charge in [0.2, 0.25) is 5.91 Å². The summed E-state index contributed by atoms with van der Waals surface area (Å²) in [6.45, 7) is 1.32. The van der Waals surface area contributed by atoms with E-state index in [-0.39, 0.29) is 11.3 Å². The van der Waals surface area contributed by atoms with E-state index in [9.17, 15) is 4.79 Å². The van der Waals surface area contributed by atoms with Crippen molar-refractivity contribution >= 4 is 5.91 Å². The average Bonchev–Trinajstić information content (AvgIpc) is 3.15. The molecule has 140 valence electrons. The van der Waals surface area contributed by atoms with Gasteiger partial charge in [-0.1, -0.05) is 37.5 Å². The van der Waals surface area contributed by atoms with Crippen LogP contribution in [0.5, 0.6) is 5.75 Å². The van der Waals surface area contributed by atoms with Gasteiger partial charge in [-0.05, 0) is 46.7 Å². The molecule has 3 rings (SSSR count). The Morgan fingerprint density at radius 1 is 1.27 bits per heavy atom. The summed E-state index contributed by atoms with van der Waals surface area (Å²) in [5, 5.41) is 14.5. The van der Waals surface area contributed by atoms with E-state index in [4.69, 9.17) is 4.74 Å². The number of aromatic nitrogens is 4. The van der Waals surface area contributed by atoms with Crippen LogP contribution in [0.2, 0.25) is 0 Å². The number of para-hydroxylation sites is 1. The Kier molecular flexibility index (Phi) is 6.20. The first-order valence-corrected chi connectivity index (χ1v) is 9.30. The zero-order chi connectivity index (χ0) is 18.2. The minimum absolute atomic E-state index is 0.0395. The molecule has 7 heteroatoms. The number of rotatable bonds is 8. The molecule has 0 bridgehead atoms. The van der Waals surface area contributed by atoms with Crippen LogP contribution in [0.1, 0.15) is 44.1 Å². The van der Waals surface area contributed by atoms with Crippen molar-refractivity contribution in [2.75, 3.05) is 13.7 Å². The largest absolute Gasteiger partial charge is 0.496 e. The Hall–Kier alpha value is -2.44. The van der Waals surface area contributed by atoms with Gasteiger partial charge in [0.05, 0.1) is 13.7 Å². The summed E-state index contributed by atoms with van der Waals surface area (Å²) in [7, 11) is 1.67. The van der Waals surface area contributed by atoms with Gasteiger partial charge in [-0.2, -0.15) is 0 Å². The lowest BCUT2D eigenvalue weighted by Crippen LogP contribution is -2.37. The van der Waals surface area contributed by atoms with E-state index in [0.29, 0.717) is 19.5 Å². The molecule has 1 aromatic carbocycles. The van der Waals surface area contributed by atoms with Crippen LogP contribution in [0.15, 0.2) is 30.6 Å². The lowest BCUT2D eigenvalue weighted by molar-refractivity contribution is -0.124. The van der Waals surface area contributed by atoms with E-state index >= 15 is 0 Å². The van der Waals surface area contributed by atoms with Gasteiger partial charge < -0.3 is 10.1 Å². The standard InChI is InChI=1S/C19H27N5O2/c1-26-17-8-4-3-7-16(17)9-12-20-18(25)13-19(10-5-2-6-11-19)14-24-15-21-22-23-24/h3-4,7-8,15H,2,5-6,9-14H2,1H3,(H,20,25). The molecule has 0 spiro atoms. The molecule has 1 saturated carbocycles. The fourth-order valence-electron chi connectivity index (χ4n) is 3.94. The molecule has 1 aliphatic carbocycles. The minimum atomic E-state index is -0.0395. The van der Waals surface area contributed by atoms with Gasteiger partial charge in [-0.25, -0.2) is 4.68 Å². The number of carbonyl (C=O) groups is 1. The summed E-state index contributed by atoms with van der Waals surface area (Å²) < 4.78 is 7.12. The number of nitrogens with one attached hydrogen (secondary N) is 1. The van der Waals surface area contributed by atoms with Crippen LogP contribution in [0.4, 0.5) is 0 Å². The first kappa shape index (κ1) is 18.4. The molecular formula is C19H27N5O2. The smallest absolute Gasteiger partial charge is 0.220 e. The van der Waals surface area contributed by atoms with Gasteiger partial charge in [-0.15, -0.1) is 5.10 Å². The fourth-order valence-corrected chi connectivity index (χ4v) is 3.94. The number of hydrogen-bond donors (Lipinski definition) is 1. The lowest BCUT2D eigenvalue weighted by Gasteiger charge is -2.36. The zero-order valence-corrected chi connectivity index (χ0v) is 15.4. The summed E-state index contributed by atoms with van der Waals surface area (Å²) in [6.07, 6.45) is 8.59. The number of nitrogens with zero attached hydrogens (tertiary/aromatic N) is 4. The maximum Gasteiger partial charge on any atom is 0.220 e. The zero-order valence-electron chi connectivity index (χ0n) is 15.4. The highest BCUT2D eigenvalue weighted by molar-refractivity contribution is 5.76. The maximum absolute atomic E-state index is 12.6. The summed E-state index contributed by atoms with van der Waals surface area (Å²) in [5.41, 5.74) is 1.07. The highest BCUT2D eigenvalue weighted by Crippen LogP contribution is 2.40. The highest BCUT2D eigenvalue weighted by Gasteiger charge is 2.35. The second kappa shape index (κ2) is 8.78. The van der Waals surface area contributed by atoms with Crippen LogP contribution in [-0.2, 0) is 17.8 Å². The number of benzene rings is 1. The van der Waals surface area contributed by atoms with Crippen LogP contribution in [0.3, 0.4) is 0 Å². The van der Waals surface area contributed by atoms with Gasteiger partial charge in [0.1, 0.15) is 12.1 Å². The van der Waals surface area contributed by atoms with Crippen LogP contribution >= 0.6 is 0 Å². The van der Waals surface area contributed by atoms with Crippen molar-refractivity contribution in [3.8, 4) is 5.75 Å². The number of methoxy groups -OCH3 is 1. The number of hydrogen-bond acceptors (Lipinski definition) is 5. The monoisotopic (exact) mass is 357 g/mol. The maximum atomic E-state index is 12.6. The van der Waals surface area contributed by atoms with Crippen LogP contribution in [0, 0.1) is 5.41 Å². The molecule has 0 aliphatic heterocycles. The second-order valence-corrected chi connectivity index (χ2v) is 7.16. The van der Waals surface area contributed by atoms with Crippen molar-refractivity contribution in [1.82, 2.24) is 25.5 Å². The molecule has 0 radical (unpaired) electrons. The normalized spacial score (nSPS) is 16.2. The number of carbonyl (C=O) groups excluding carboxylic acids is 1. The molecule has 0 saturated heterocycles. The summed E-state index contributed by atoms with van der Waals surface area (Å²) in [5.74, 6) is 0.971. The number of tetrazole rings is 1. The first-order chi connectivity index (χ1) is 12.7. The molecule has 1 aliphatic rings. The second-order valence-electron chi connectivity index (χ2n) is 7.16. The number of amides is 1. The summed E-state index contributed by atoms with van der Waals surface area (Å²) >= 11 is 0. The predicted molar refractivity (Wildman–Crippen MR) is 97.7 cm³/mol. The quantitative estimate of drug-likeness (QED) is 0.784. The minimum Gasteiger partial charge on any atom is -0.496 e. The van der Waals surface area contributed by atoms with Crippen LogP contribution < -0.4 is 10.1 Å². The van der Waals surface area contributed by atoms with E-state index in [2.05, 4.69) is 20.8 Å². The molecule has 1 heterocycles. The molecule has 1 aromatic heterocycles. The molecule has 2 aromatic rings. The fraction of sp³-hybridized carbons (Fsp3) is 0.579. The Morgan fingerprint density at radius 2 is 2.08 bits per heavy atom. The van der Waals surface area contributed by atoms with Crippen molar-refractivity contribution < 1.29 is 9.53 Å². The molecular weight excluding hydrogens is 330 g/mol. The van der Waals surface area contributed by atoms with E-state index in [1.165, 1.54) is 6.42 Å². The Bertz CT molecular complexity index is 696. The van der Waals surface area contributed by atoms with Crippen molar-refractivity contribution in [3.63, 3.8) is 0 Å². The molecule has 1 fully saturated rings. The number of ether oxygens (including phenoxy) is 1. The third-order valence-electron chi connectivity index (χ3n) is 5.25. The Labute approximate surface area is 154 Å². The molecule has 1 amide bonds. The molecule has 0 unspecified atom stereocenters. The lowest BCUT2D eigenvalue weighted by atomic mass is 9.71. The van der Waals surface area contributed by atoms with Gasteiger partial charge in [0, 0.05) is 13.0 Å². The van der Waals surface area contributed by atoms with Gasteiger partial charge in [0.25, 0.3) is 0 Å². The molecule has 1 N–H and O–H groups in total. The molecule has 26 heavy (non-hydrogen) atoms. The van der Waals surface area contributed by atoms with Crippen molar-refractivity contribution in [2.45, 2.75) is 51.5 Å².